The molecule has 0 aliphatic carbocycles. The van der Waals surface area contributed by atoms with Gasteiger partial charge in [-0.15, -0.1) is 0 Å². The SMILES string of the molecule is Cc1cccc([C@](C)(O)C(C)(C)C[NH+](C)C)c1. The van der Waals surface area contributed by atoms with E-state index in [1.165, 1.54) is 10.5 Å². The number of rotatable bonds is 4. The van der Waals surface area contributed by atoms with E-state index in [4.69, 9.17) is 0 Å². The van der Waals surface area contributed by atoms with E-state index in [0.717, 1.165) is 12.1 Å². The second-order valence-corrected chi connectivity index (χ2v) is 6.21. The van der Waals surface area contributed by atoms with Crippen molar-refractivity contribution in [3.05, 3.63) is 35.4 Å². The van der Waals surface area contributed by atoms with E-state index in [-0.39, 0.29) is 5.41 Å². The van der Waals surface area contributed by atoms with E-state index in [9.17, 15) is 5.11 Å². The van der Waals surface area contributed by atoms with Gasteiger partial charge in [0.25, 0.3) is 0 Å². The molecule has 0 aliphatic rings. The van der Waals surface area contributed by atoms with Gasteiger partial charge in [-0.3, -0.25) is 0 Å². The molecule has 0 amide bonds. The first kappa shape index (κ1) is 14.2. The molecule has 0 aliphatic heterocycles. The van der Waals surface area contributed by atoms with Gasteiger partial charge in [-0.2, -0.15) is 0 Å². The van der Waals surface area contributed by atoms with E-state index in [1.807, 2.05) is 19.1 Å². The standard InChI is InChI=1S/C15H25NO/c1-12-8-7-9-13(10-12)15(4,17)14(2,3)11-16(5)6/h7-10,17H,11H2,1-6H3/p+1/t15-/m0/s1. The van der Waals surface area contributed by atoms with Crippen molar-refractivity contribution >= 4 is 0 Å². The number of nitrogens with one attached hydrogen (secondary N) is 1. The monoisotopic (exact) mass is 236 g/mol. The van der Waals surface area contributed by atoms with Crippen LogP contribution >= 0.6 is 0 Å². The molecule has 17 heavy (non-hydrogen) atoms. The summed E-state index contributed by atoms with van der Waals surface area (Å²) < 4.78 is 0. The second-order valence-electron chi connectivity index (χ2n) is 6.21. The van der Waals surface area contributed by atoms with Crippen LogP contribution in [0.4, 0.5) is 0 Å². The van der Waals surface area contributed by atoms with Gasteiger partial charge in [0.2, 0.25) is 0 Å². The molecule has 0 saturated carbocycles. The molecule has 0 aromatic heterocycles. The van der Waals surface area contributed by atoms with Crippen LogP contribution in [0.1, 0.15) is 31.9 Å². The number of quaternary nitrogens is 1. The maximum absolute atomic E-state index is 10.9. The van der Waals surface area contributed by atoms with E-state index < -0.39 is 5.60 Å². The highest BCUT2D eigenvalue weighted by Gasteiger charge is 2.42. The molecular weight excluding hydrogens is 210 g/mol. The Morgan fingerprint density at radius 3 is 2.24 bits per heavy atom. The zero-order chi connectivity index (χ0) is 13.3. The fraction of sp³-hybridized carbons (Fsp3) is 0.600. The Labute approximate surface area is 105 Å². The zero-order valence-electron chi connectivity index (χ0n) is 12.0. The molecule has 0 unspecified atom stereocenters. The predicted octanol–water partition coefficient (Wildman–Crippen LogP) is 1.37. The minimum atomic E-state index is -0.809. The summed E-state index contributed by atoms with van der Waals surface area (Å²) in [6, 6.07) is 8.16. The Morgan fingerprint density at radius 2 is 1.76 bits per heavy atom. The first-order valence-corrected chi connectivity index (χ1v) is 6.25. The predicted molar refractivity (Wildman–Crippen MR) is 72.2 cm³/mol. The highest BCUT2D eigenvalue weighted by molar-refractivity contribution is 5.28. The van der Waals surface area contributed by atoms with Crippen molar-refractivity contribution < 1.29 is 10.0 Å². The van der Waals surface area contributed by atoms with Crippen molar-refractivity contribution in [3.8, 4) is 0 Å². The first-order chi connectivity index (χ1) is 7.67. The molecule has 96 valence electrons. The van der Waals surface area contributed by atoms with E-state index in [2.05, 4.69) is 47.0 Å². The third kappa shape index (κ3) is 3.08. The average molecular weight is 236 g/mol. The van der Waals surface area contributed by atoms with Crippen LogP contribution in [0.15, 0.2) is 24.3 Å². The molecule has 0 fully saturated rings. The Hall–Kier alpha value is -0.860. The molecule has 1 rings (SSSR count). The van der Waals surface area contributed by atoms with Gasteiger partial charge in [-0.1, -0.05) is 43.7 Å². The fourth-order valence-corrected chi connectivity index (χ4v) is 2.39. The average Bonchev–Trinajstić information content (AvgIpc) is 2.15. The van der Waals surface area contributed by atoms with Crippen molar-refractivity contribution in [2.75, 3.05) is 20.6 Å². The summed E-state index contributed by atoms with van der Waals surface area (Å²) in [5.74, 6) is 0. The van der Waals surface area contributed by atoms with Crippen LogP contribution < -0.4 is 4.90 Å². The lowest BCUT2D eigenvalue weighted by molar-refractivity contribution is -0.866. The summed E-state index contributed by atoms with van der Waals surface area (Å²) in [5, 5.41) is 10.9. The number of aliphatic hydroxyl groups is 1. The van der Waals surface area contributed by atoms with Gasteiger partial charge in [0.1, 0.15) is 0 Å². The Bertz CT molecular complexity index is 380. The molecule has 0 spiro atoms. The van der Waals surface area contributed by atoms with E-state index in [0.29, 0.717) is 0 Å². The number of hydrogen-bond acceptors (Lipinski definition) is 1. The molecule has 0 radical (unpaired) electrons. The topological polar surface area (TPSA) is 24.7 Å². The summed E-state index contributed by atoms with van der Waals surface area (Å²) in [5.41, 5.74) is 1.22. The van der Waals surface area contributed by atoms with Gasteiger partial charge >= 0.3 is 0 Å². The minimum Gasteiger partial charge on any atom is -0.385 e. The molecule has 1 atom stereocenters. The van der Waals surface area contributed by atoms with Crippen molar-refractivity contribution in [3.63, 3.8) is 0 Å². The third-order valence-corrected chi connectivity index (χ3v) is 3.69. The largest absolute Gasteiger partial charge is 0.385 e. The smallest absolute Gasteiger partial charge is 0.0972 e. The van der Waals surface area contributed by atoms with Gasteiger partial charge in [-0.25, -0.2) is 0 Å². The zero-order valence-corrected chi connectivity index (χ0v) is 12.0. The summed E-state index contributed by atoms with van der Waals surface area (Å²) >= 11 is 0. The van der Waals surface area contributed by atoms with Gasteiger partial charge in [-0.05, 0) is 19.4 Å². The third-order valence-electron chi connectivity index (χ3n) is 3.69. The van der Waals surface area contributed by atoms with Crippen LogP contribution in [0.2, 0.25) is 0 Å². The van der Waals surface area contributed by atoms with Crippen LogP contribution in [0, 0.1) is 12.3 Å². The van der Waals surface area contributed by atoms with E-state index >= 15 is 0 Å². The lowest BCUT2D eigenvalue weighted by Crippen LogP contribution is -3.07. The fourth-order valence-electron chi connectivity index (χ4n) is 2.39. The summed E-state index contributed by atoms with van der Waals surface area (Å²) in [6.45, 7) is 9.16. The molecule has 0 bridgehead atoms. The summed E-state index contributed by atoms with van der Waals surface area (Å²) in [4.78, 5) is 1.35. The van der Waals surface area contributed by atoms with Gasteiger partial charge in [0, 0.05) is 5.41 Å². The molecule has 0 heterocycles. The van der Waals surface area contributed by atoms with Crippen LogP contribution in [-0.4, -0.2) is 25.7 Å². The van der Waals surface area contributed by atoms with Gasteiger partial charge < -0.3 is 10.0 Å². The number of hydrogen-bond donors (Lipinski definition) is 2. The molecule has 2 heteroatoms. The molecule has 2 N–H and O–H groups in total. The Kier molecular flexibility index (Phi) is 4.00. The highest BCUT2D eigenvalue weighted by atomic mass is 16.3. The summed E-state index contributed by atoms with van der Waals surface area (Å²) in [7, 11) is 4.24. The molecule has 1 aromatic rings. The number of benzene rings is 1. The Morgan fingerprint density at radius 1 is 1.18 bits per heavy atom. The maximum Gasteiger partial charge on any atom is 0.0972 e. The highest BCUT2D eigenvalue weighted by Crippen LogP contribution is 2.38. The van der Waals surface area contributed by atoms with Gasteiger partial charge in [0.05, 0.1) is 26.2 Å². The molecular formula is C15H26NO+. The van der Waals surface area contributed by atoms with Crippen LogP contribution in [0.3, 0.4) is 0 Å². The Balaban J connectivity index is 3.09. The van der Waals surface area contributed by atoms with Crippen molar-refractivity contribution in [2.24, 2.45) is 5.41 Å². The minimum absolute atomic E-state index is 0.167. The van der Waals surface area contributed by atoms with Crippen molar-refractivity contribution in [2.45, 2.75) is 33.3 Å². The van der Waals surface area contributed by atoms with E-state index in [1.54, 1.807) is 0 Å². The summed E-state index contributed by atoms with van der Waals surface area (Å²) in [6.07, 6.45) is 0. The normalized spacial score (nSPS) is 16.0. The van der Waals surface area contributed by atoms with Crippen LogP contribution in [0.25, 0.3) is 0 Å². The maximum atomic E-state index is 10.9. The quantitative estimate of drug-likeness (QED) is 0.811. The van der Waals surface area contributed by atoms with Crippen LogP contribution in [0.5, 0.6) is 0 Å². The lowest BCUT2D eigenvalue weighted by atomic mass is 9.71. The van der Waals surface area contributed by atoms with Crippen LogP contribution in [-0.2, 0) is 5.60 Å². The van der Waals surface area contributed by atoms with Crippen molar-refractivity contribution in [1.82, 2.24) is 0 Å². The first-order valence-electron chi connectivity index (χ1n) is 6.25. The molecule has 0 saturated heterocycles. The second kappa shape index (κ2) is 4.79. The van der Waals surface area contributed by atoms with Gasteiger partial charge in [0.15, 0.2) is 0 Å². The van der Waals surface area contributed by atoms with Crippen molar-refractivity contribution in [1.29, 1.82) is 0 Å². The number of aryl methyl sites for hydroxylation is 1. The molecule has 1 aromatic carbocycles. The lowest BCUT2D eigenvalue weighted by Gasteiger charge is -2.40. The molecule has 2 nitrogen and oxygen atoms in total.